The molecule has 0 fully saturated rings. The summed E-state index contributed by atoms with van der Waals surface area (Å²) in [5.41, 5.74) is 7.48. The van der Waals surface area contributed by atoms with Crippen molar-refractivity contribution in [1.29, 1.82) is 0 Å². The molecule has 3 aromatic carbocycles. The molecule has 0 aliphatic heterocycles. The van der Waals surface area contributed by atoms with E-state index in [0.717, 1.165) is 29.8 Å². The van der Waals surface area contributed by atoms with Crippen molar-refractivity contribution in [2.45, 2.75) is 13.3 Å². The standard InChI is InChI=1S/C24H24N2O.CH6O3S/c1-17-23(22-6-4-5-7-24(22)26(17)2)16-18-8-10-19(11-9-18)25-20-12-14-21(27-3)15-13-20;1-5(2,3)4/h4-15,25H,16H2,1-3H3;2-4H,1H3. The Morgan fingerprint density at radius 2 is 1.41 bits per heavy atom. The van der Waals surface area contributed by atoms with Gasteiger partial charge in [0.05, 0.1) is 18.0 Å². The maximum Gasteiger partial charge on any atom is 0.119 e. The first-order valence-corrected chi connectivity index (χ1v) is 12.1. The van der Waals surface area contributed by atoms with Crippen molar-refractivity contribution in [3.8, 4) is 5.75 Å². The molecule has 0 saturated carbocycles. The number of para-hydroxylation sites is 1. The van der Waals surface area contributed by atoms with Gasteiger partial charge < -0.3 is 28.3 Å². The molecule has 32 heavy (non-hydrogen) atoms. The molecular weight excluding hydrogens is 424 g/mol. The van der Waals surface area contributed by atoms with Crippen LogP contribution in [0, 0.1) is 6.92 Å². The van der Waals surface area contributed by atoms with Crippen molar-refractivity contribution < 1.29 is 18.4 Å². The number of fused-ring (bicyclic) bond motifs is 1. The van der Waals surface area contributed by atoms with Crippen molar-refractivity contribution in [2.24, 2.45) is 7.05 Å². The molecule has 4 N–H and O–H groups in total. The highest BCUT2D eigenvalue weighted by Crippen LogP contribution is 2.28. The molecule has 4 rings (SSSR count). The van der Waals surface area contributed by atoms with E-state index in [1.54, 1.807) is 7.11 Å². The molecule has 4 aromatic rings. The number of rotatable bonds is 5. The van der Waals surface area contributed by atoms with Crippen LogP contribution in [0.5, 0.6) is 5.75 Å². The van der Waals surface area contributed by atoms with Gasteiger partial charge in [0.2, 0.25) is 0 Å². The Morgan fingerprint density at radius 3 is 1.97 bits per heavy atom. The fourth-order valence-corrected chi connectivity index (χ4v) is 3.57. The molecule has 0 saturated heterocycles. The molecule has 1 aromatic heterocycles. The number of nitrogens with zero attached hydrogens (tertiary/aromatic N) is 1. The van der Waals surface area contributed by atoms with E-state index in [0.29, 0.717) is 0 Å². The number of aromatic nitrogens is 1. The summed E-state index contributed by atoms with van der Waals surface area (Å²) >= 11 is 0. The molecule has 0 amide bonds. The minimum absolute atomic E-state index is 0.862. The van der Waals surface area contributed by atoms with Gasteiger partial charge in [0.15, 0.2) is 0 Å². The first-order valence-electron chi connectivity index (χ1n) is 10.1. The molecular formula is C25H30N2O4S. The quantitative estimate of drug-likeness (QED) is 0.271. The molecule has 7 heteroatoms. The van der Waals surface area contributed by atoms with Gasteiger partial charge in [-0.05, 0) is 66.9 Å². The van der Waals surface area contributed by atoms with Crippen LogP contribution in [0.4, 0.5) is 11.4 Å². The highest BCUT2D eigenvalue weighted by molar-refractivity contribution is 8.18. The maximum absolute atomic E-state index is 7.72. The molecule has 0 radical (unpaired) electrons. The smallest absolute Gasteiger partial charge is 0.119 e. The summed E-state index contributed by atoms with van der Waals surface area (Å²) < 4.78 is 30.6. The lowest BCUT2D eigenvalue weighted by atomic mass is 10.0. The lowest BCUT2D eigenvalue weighted by molar-refractivity contribution is 0.384. The predicted molar refractivity (Wildman–Crippen MR) is 135 cm³/mol. The molecule has 6 nitrogen and oxygen atoms in total. The lowest BCUT2D eigenvalue weighted by Crippen LogP contribution is -1.95. The minimum Gasteiger partial charge on any atom is -0.497 e. The van der Waals surface area contributed by atoms with Gasteiger partial charge in [0.25, 0.3) is 0 Å². The van der Waals surface area contributed by atoms with Crippen molar-refractivity contribution >= 4 is 33.1 Å². The number of nitrogens with one attached hydrogen (secondary N) is 1. The SMILES string of the molecule is COc1ccc(Nc2ccc(Cc3c(C)n(C)c4ccccc34)cc2)cc1.CS(O)(O)O. The number of hydrogen-bond acceptors (Lipinski definition) is 5. The van der Waals surface area contributed by atoms with Gasteiger partial charge in [-0.3, -0.25) is 0 Å². The Kier molecular flexibility index (Phi) is 7.48. The van der Waals surface area contributed by atoms with E-state index in [-0.39, 0.29) is 0 Å². The van der Waals surface area contributed by atoms with E-state index in [4.69, 9.17) is 18.4 Å². The third-order valence-corrected chi connectivity index (χ3v) is 5.24. The van der Waals surface area contributed by atoms with Crippen molar-refractivity contribution in [3.63, 3.8) is 0 Å². The maximum atomic E-state index is 7.72. The van der Waals surface area contributed by atoms with Crippen LogP contribution in [0.2, 0.25) is 0 Å². The summed E-state index contributed by atoms with van der Waals surface area (Å²) in [6.45, 7) is 2.20. The summed E-state index contributed by atoms with van der Waals surface area (Å²) in [6.07, 6.45) is 1.88. The number of aryl methyl sites for hydroxylation is 1. The van der Waals surface area contributed by atoms with Gasteiger partial charge in [-0.15, -0.1) is 0 Å². The summed E-state index contributed by atoms with van der Waals surface area (Å²) in [5.74, 6) is 0.862. The Labute approximate surface area is 190 Å². The molecule has 0 bridgehead atoms. The van der Waals surface area contributed by atoms with Crippen LogP contribution >= 0.6 is 10.9 Å². The fraction of sp³-hybridized carbons (Fsp3) is 0.200. The van der Waals surface area contributed by atoms with Gasteiger partial charge in [-0.25, -0.2) is 0 Å². The van der Waals surface area contributed by atoms with Gasteiger partial charge >= 0.3 is 0 Å². The van der Waals surface area contributed by atoms with Crippen LogP contribution < -0.4 is 10.1 Å². The highest BCUT2D eigenvalue weighted by Gasteiger charge is 2.11. The third kappa shape index (κ3) is 6.27. The first-order chi connectivity index (χ1) is 15.2. The topological polar surface area (TPSA) is 86.9 Å². The van der Waals surface area contributed by atoms with Gasteiger partial charge in [-0.1, -0.05) is 30.3 Å². The molecule has 0 atom stereocenters. The first kappa shape index (κ1) is 23.7. The molecule has 0 aliphatic carbocycles. The predicted octanol–water partition coefficient (Wildman–Crippen LogP) is 6.67. The average molecular weight is 455 g/mol. The normalized spacial score (nSPS) is 11.6. The molecule has 1 heterocycles. The number of ether oxygens (including phenoxy) is 1. The third-order valence-electron chi connectivity index (χ3n) is 5.24. The second-order valence-corrected chi connectivity index (χ2v) is 9.25. The average Bonchev–Trinajstić information content (AvgIpc) is 2.99. The summed E-state index contributed by atoms with van der Waals surface area (Å²) in [4.78, 5) is 0. The van der Waals surface area contributed by atoms with E-state index in [1.165, 1.54) is 27.7 Å². The van der Waals surface area contributed by atoms with Gasteiger partial charge in [0, 0.05) is 41.3 Å². The second kappa shape index (κ2) is 10.1. The molecule has 0 unspecified atom stereocenters. The monoisotopic (exact) mass is 454 g/mol. The zero-order chi connectivity index (χ0) is 23.3. The Balaban J connectivity index is 0.000000523. The minimum atomic E-state index is -3.17. The van der Waals surface area contributed by atoms with E-state index in [2.05, 4.69) is 72.4 Å². The van der Waals surface area contributed by atoms with Crippen LogP contribution in [0.1, 0.15) is 16.8 Å². The highest BCUT2D eigenvalue weighted by atomic mass is 32.3. The van der Waals surface area contributed by atoms with Crippen LogP contribution in [0.3, 0.4) is 0 Å². The van der Waals surface area contributed by atoms with Crippen LogP contribution in [0.25, 0.3) is 10.9 Å². The summed E-state index contributed by atoms with van der Waals surface area (Å²) in [5, 5.41) is 4.78. The van der Waals surface area contributed by atoms with Crippen molar-refractivity contribution in [3.05, 3.63) is 89.6 Å². The second-order valence-electron chi connectivity index (χ2n) is 7.66. The summed E-state index contributed by atoms with van der Waals surface area (Å²) in [6, 6.07) is 25.3. The van der Waals surface area contributed by atoms with E-state index in [1.807, 2.05) is 24.3 Å². The zero-order valence-corrected chi connectivity index (χ0v) is 19.6. The van der Waals surface area contributed by atoms with E-state index in [9.17, 15) is 0 Å². The van der Waals surface area contributed by atoms with Crippen LogP contribution in [0.15, 0.2) is 72.8 Å². The van der Waals surface area contributed by atoms with Crippen LogP contribution in [-0.2, 0) is 13.5 Å². The Hall–Kier alpha value is -2.97. The molecule has 170 valence electrons. The van der Waals surface area contributed by atoms with E-state index >= 15 is 0 Å². The summed E-state index contributed by atoms with van der Waals surface area (Å²) in [7, 11) is 0.655. The lowest BCUT2D eigenvalue weighted by Gasteiger charge is -2.09. The van der Waals surface area contributed by atoms with Crippen molar-refractivity contribution in [1.82, 2.24) is 4.57 Å². The largest absolute Gasteiger partial charge is 0.497 e. The van der Waals surface area contributed by atoms with Crippen LogP contribution in [-0.4, -0.2) is 31.6 Å². The Bertz CT molecular complexity index is 1160. The van der Waals surface area contributed by atoms with Crippen molar-refractivity contribution in [2.75, 3.05) is 18.7 Å². The number of benzene rings is 3. The zero-order valence-electron chi connectivity index (χ0n) is 18.7. The van der Waals surface area contributed by atoms with Gasteiger partial charge in [0.1, 0.15) is 5.75 Å². The Morgan fingerprint density at radius 1 is 0.875 bits per heavy atom. The molecule has 0 aliphatic rings. The van der Waals surface area contributed by atoms with Gasteiger partial charge in [-0.2, -0.15) is 0 Å². The number of anilines is 2. The number of hydrogen-bond donors (Lipinski definition) is 4. The number of methoxy groups -OCH3 is 1. The molecule has 0 spiro atoms. The van der Waals surface area contributed by atoms with E-state index < -0.39 is 10.9 Å². The fourth-order valence-electron chi connectivity index (χ4n) is 3.57.